The smallest absolute Gasteiger partial charge is 0.253 e. The number of carbonyl (C=O) groups excluding carboxylic acids is 1. The molecular formula is C24H31IN6O. The summed E-state index contributed by atoms with van der Waals surface area (Å²) >= 11 is 0. The van der Waals surface area contributed by atoms with Gasteiger partial charge in [0.15, 0.2) is 5.96 Å². The Hall–Kier alpha value is -2.88. The van der Waals surface area contributed by atoms with E-state index in [1.807, 2.05) is 67.5 Å². The molecule has 0 spiro atoms. The predicted octanol–water partition coefficient (Wildman–Crippen LogP) is 3.99. The zero-order valence-electron chi connectivity index (χ0n) is 19.0. The molecule has 0 atom stereocenters. The number of halogens is 1. The molecule has 0 fully saturated rings. The summed E-state index contributed by atoms with van der Waals surface area (Å²) in [6.45, 7) is 3.95. The summed E-state index contributed by atoms with van der Waals surface area (Å²) in [5.41, 5.74) is 3.83. The normalized spacial score (nSPS) is 10.9. The maximum absolute atomic E-state index is 12.0. The van der Waals surface area contributed by atoms with Gasteiger partial charge in [-0.05, 0) is 30.2 Å². The Morgan fingerprint density at radius 2 is 1.75 bits per heavy atom. The van der Waals surface area contributed by atoms with Crippen LogP contribution in [0.5, 0.6) is 0 Å². The lowest BCUT2D eigenvalue weighted by Gasteiger charge is -2.21. The van der Waals surface area contributed by atoms with Crippen molar-refractivity contribution in [1.82, 2.24) is 25.1 Å². The van der Waals surface area contributed by atoms with Crippen molar-refractivity contribution in [3.05, 3.63) is 77.7 Å². The van der Waals surface area contributed by atoms with Crippen molar-refractivity contribution in [3.8, 4) is 11.3 Å². The number of nitrogens with one attached hydrogen (secondary N) is 2. The molecular weight excluding hydrogens is 515 g/mol. The summed E-state index contributed by atoms with van der Waals surface area (Å²) in [5.74, 6) is 1.67. The highest BCUT2D eigenvalue weighted by atomic mass is 127. The summed E-state index contributed by atoms with van der Waals surface area (Å²) in [6.07, 6.45) is 1.86. The van der Waals surface area contributed by atoms with E-state index in [0.717, 1.165) is 35.1 Å². The number of guanidine groups is 1. The molecule has 0 saturated heterocycles. The lowest BCUT2D eigenvalue weighted by atomic mass is 10.1. The highest BCUT2D eigenvalue weighted by Gasteiger charge is 2.11. The van der Waals surface area contributed by atoms with Gasteiger partial charge in [0.1, 0.15) is 5.82 Å². The molecule has 0 aliphatic carbocycles. The van der Waals surface area contributed by atoms with Crippen molar-refractivity contribution in [1.29, 1.82) is 0 Å². The third kappa shape index (κ3) is 6.81. The summed E-state index contributed by atoms with van der Waals surface area (Å²) in [5, 5.41) is 3.33. The molecule has 0 bridgehead atoms. The van der Waals surface area contributed by atoms with Gasteiger partial charge in [-0.2, -0.15) is 0 Å². The Morgan fingerprint density at radius 3 is 2.38 bits per heavy atom. The van der Waals surface area contributed by atoms with E-state index in [2.05, 4.69) is 27.4 Å². The van der Waals surface area contributed by atoms with Crippen LogP contribution >= 0.6 is 24.0 Å². The fraction of sp³-hybridized carbons (Fsp3) is 0.292. The van der Waals surface area contributed by atoms with Gasteiger partial charge in [-0.15, -0.1) is 24.0 Å². The molecule has 2 N–H and O–H groups in total. The van der Waals surface area contributed by atoms with Crippen LogP contribution in [0, 0.1) is 0 Å². The van der Waals surface area contributed by atoms with Gasteiger partial charge in [-0.3, -0.25) is 4.79 Å². The quantitative estimate of drug-likeness (QED) is 0.267. The van der Waals surface area contributed by atoms with Gasteiger partial charge in [0.2, 0.25) is 0 Å². The molecule has 2 aromatic carbocycles. The molecule has 32 heavy (non-hydrogen) atoms. The number of hydrogen-bond acceptors (Lipinski definition) is 3. The standard InChI is InChI=1S/C24H30N6O.HI/c1-5-25-24(27-15-18-11-13-20(14-12-18)23(31)29(2)3)30(4)17-22-26-16-21(28-22)19-9-7-6-8-10-19;/h6-14,16H,5,15,17H2,1-4H3,(H,25,27)(H,26,28);1H. The van der Waals surface area contributed by atoms with Crippen LogP contribution in [0.2, 0.25) is 0 Å². The number of nitrogens with zero attached hydrogens (tertiary/aromatic N) is 4. The van der Waals surface area contributed by atoms with Crippen LogP contribution in [0.25, 0.3) is 11.3 Å². The van der Waals surface area contributed by atoms with E-state index >= 15 is 0 Å². The fourth-order valence-electron chi connectivity index (χ4n) is 3.15. The number of amides is 1. The number of aromatic amines is 1. The molecule has 0 unspecified atom stereocenters. The van der Waals surface area contributed by atoms with Crippen LogP contribution in [-0.2, 0) is 13.1 Å². The molecule has 3 rings (SSSR count). The number of imidazole rings is 1. The molecule has 1 heterocycles. The van der Waals surface area contributed by atoms with Crippen molar-refractivity contribution < 1.29 is 4.79 Å². The maximum atomic E-state index is 12.0. The van der Waals surface area contributed by atoms with E-state index < -0.39 is 0 Å². The van der Waals surface area contributed by atoms with Gasteiger partial charge in [-0.1, -0.05) is 42.5 Å². The van der Waals surface area contributed by atoms with Crippen LogP contribution < -0.4 is 5.32 Å². The fourth-order valence-corrected chi connectivity index (χ4v) is 3.15. The Balaban J connectivity index is 0.00000363. The number of H-pyrrole nitrogens is 1. The average Bonchev–Trinajstić information content (AvgIpc) is 3.25. The highest BCUT2D eigenvalue weighted by molar-refractivity contribution is 14.0. The Morgan fingerprint density at radius 1 is 1.06 bits per heavy atom. The minimum atomic E-state index is -0.00329. The third-order valence-corrected chi connectivity index (χ3v) is 4.82. The second-order valence-electron chi connectivity index (χ2n) is 7.53. The van der Waals surface area contributed by atoms with Crippen molar-refractivity contribution >= 4 is 35.8 Å². The first kappa shape index (κ1) is 25.4. The number of hydrogen-bond donors (Lipinski definition) is 2. The van der Waals surface area contributed by atoms with Crippen LogP contribution in [0.1, 0.15) is 28.7 Å². The van der Waals surface area contributed by atoms with Crippen molar-refractivity contribution in [2.45, 2.75) is 20.0 Å². The van der Waals surface area contributed by atoms with E-state index in [1.165, 1.54) is 0 Å². The van der Waals surface area contributed by atoms with Gasteiger partial charge in [0.25, 0.3) is 5.91 Å². The van der Waals surface area contributed by atoms with Gasteiger partial charge in [0.05, 0.1) is 25.0 Å². The number of aliphatic imine (C=N–C) groups is 1. The van der Waals surface area contributed by atoms with E-state index in [0.29, 0.717) is 18.7 Å². The lowest BCUT2D eigenvalue weighted by Crippen LogP contribution is -2.38. The summed E-state index contributed by atoms with van der Waals surface area (Å²) < 4.78 is 0. The molecule has 3 aromatic rings. The van der Waals surface area contributed by atoms with E-state index in [-0.39, 0.29) is 29.9 Å². The zero-order valence-corrected chi connectivity index (χ0v) is 21.3. The Kier molecular flexibility index (Phi) is 9.70. The SMILES string of the molecule is CCNC(=NCc1ccc(C(=O)N(C)C)cc1)N(C)Cc1ncc(-c2ccccc2)[nH]1.I. The molecule has 170 valence electrons. The Labute approximate surface area is 207 Å². The van der Waals surface area contributed by atoms with Crippen LogP contribution in [0.4, 0.5) is 0 Å². The summed E-state index contributed by atoms with van der Waals surface area (Å²) in [4.78, 5) is 28.3. The summed E-state index contributed by atoms with van der Waals surface area (Å²) in [7, 11) is 5.49. The molecule has 0 saturated carbocycles. The first-order valence-electron chi connectivity index (χ1n) is 10.4. The minimum Gasteiger partial charge on any atom is -0.357 e. The molecule has 0 radical (unpaired) electrons. The maximum Gasteiger partial charge on any atom is 0.253 e. The number of benzene rings is 2. The number of carbonyl (C=O) groups is 1. The molecule has 1 amide bonds. The molecule has 1 aromatic heterocycles. The van der Waals surface area contributed by atoms with Gasteiger partial charge in [-0.25, -0.2) is 9.98 Å². The van der Waals surface area contributed by atoms with Crippen LogP contribution in [0.15, 0.2) is 65.8 Å². The van der Waals surface area contributed by atoms with Crippen molar-refractivity contribution in [2.24, 2.45) is 4.99 Å². The van der Waals surface area contributed by atoms with E-state index in [4.69, 9.17) is 4.99 Å². The predicted molar refractivity (Wildman–Crippen MR) is 140 cm³/mol. The second-order valence-corrected chi connectivity index (χ2v) is 7.53. The summed E-state index contributed by atoms with van der Waals surface area (Å²) in [6, 6.07) is 17.7. The lowest BCUT2D eigenvalue weighted by molar-refractivity contribution is 0.0827. The largest absolute Gasteiger partial charge is 0.357 e. The second kappa shape index (κ2) is 12.2. The van der Waals surface area contributed by atoms with Crippen molar-refractivity contribution in [3.63, 3.8) is 0 Å². The van der Waals surface area contributed by atoms with Gasteiger partial charge >= 0.3 is 0 Å². The third-order valence-electron chi connectivity index (χ3n) is 4.82. The number of aromatic nitrogens is 2. The van der Waals surface area contributed by atoms with Crippen LogP contribution in [0.3, 0.4) is 0 Å². The topological polar surface area (TPSA) is 76.6 Å². The highest BCUT2D eigenvalue weighted by Crippen LogP contribution is 2.16. The minimum absolute atomic E-state index is 0. The average molecular weight is 546 g/mol. The Bertz CT molecular complexity index is 1010. The van der Waals surface area contributed by atoms with Gasteiger partial charge in [0, 0.05) is 33.3 Å². The van der Waals surface area contributed by atoms with E-state index in [9.17, 15) is 4.79 Å². The van der Waals surface area contributed by atoms with Crippen molar-refractivity contribution in [2.75, 3.05) is 27.7 Å². The molecule has 7 nitrogen and oxygen atoms in total. The van der Waals surface area contributed by atoms with Crippen LogP contribution in [-0.4, -0.2) is 59.3 Å². The molecule has 0 aliphatic heterocycles. The first-order chi connectivity index (χ1) is 15.0. The first-order valence-corrected chi connectivity index (χ1v) is 10.4. The van der Waals surface area contributed by atoms with E-state index in [1.54, 1.807) is 19.0 Å². The number of rotatable bonds is 7. The molecule has 8 heteroatoms. The monoisotopic (exact) mass is 546 g/mol. The molecule has 0 aliphatic rings. The van der Waals surface area contributed by atoms with Gasteiger partial charge < -0.3 is 20.1 Å². The zero-order chi connectivity index (χ0) is 22.2.